The zero-order chi connectivity index (χ0) is 24.2. The molecule has 1 aromatic heterocycles. The van der Waals surface area contributed by atoms with Crippen LogP contribution in [0.1, 0.15) is 22.9 Å². The fourth-order valence-electron chi connectivity index (χ4n) is 2.83. The maximum atomic E-state index is 12.9. The number of hydrogen-bond donors (Lipinski definition) is 2. The number of aromatic nitrogens is 1. The number of sulfonamides is 1. The van der Waals surface area contributed by atoms with E-state index in [-0.39, 0.29) is 16.4 Å². The summed E-state index contributed by atoms with van der Waals surface area (Å²) in [4.78, 5) is 17.1. The third-order valence-corrected chi connectivity index (χ3v) is 6.98. The molecule has 2 aromatic carbocycles. The van der Waals surface area contributed by atoms with Crippen LogP contribution in [0.2, 0.25) is 0 Å². The zero-order valence-electron chi connectivity index (χ0n) is 17.5. The van der Waals surface area contributed by atoms with Gasteiger partial charge in [-0.05, 0) is 42.8 Å². The molecule has 1 heterocycles. The highest BCUT2D eigenvalue weighted by Crippen LogP contribution is 2.30. The number of halogens is 3. The highest BCUT2D eigenvalue weighted by atomic mass is 32.2. The van der Waals surface area contributed by atoms with E-state index < -0.39 is 33.7 Å². The first kappa shape index (κ1) is 24.7. The molecule has 1 amide bonds. The van der Waals surface area contributed by atoms with Crippen molar-refractivity contribution in [3.05, 3.63) is 70.7 Å². The van der Waals surface area contributed by atoms with Crippen molar-refractivity contribution in [2.45, 2.75) is 30.5 Å². The Morgan fingerprint density at radius 3 is 2.52 bits per heavy atom. The van der Waals surface area contributed by atoms with Gasteiger partial charge in [0.05, 0.1) is 23.6 Å². The van der Waals surface area contributed by atoms with E-state index in [1.54, 1.807) is 6.07 Å². The second-order valence-electron chi connectivity index (χ2n) is 7.01. The monoisotopic (exact) mass is 499 g/mol. The molecule has 0 unspecified atom stereocenters. The van der Waals surface area contributed by atoms with Crippen LogP contribution >= 0.6 is 11.3 Å². The molecule has 2 N–H and O–H groups in total. The predicted molar refractivity (Wildman–Crippen MR) is 118 cm³/mol. The number of rotatable bonds is 8. The Hall–Kier alpha value is -2.96. The van der Waals surface area contributed by atoms with E-state index in [1.165, 1.54) is 50.6 Å². The lowest BCUT2D eigenvalue weighted by Crippen LogP contribution is -2.41. The quantitative estimate of drug-likeness (QED) is 0.487. The Morgan fingerprint density at radius 1 is 1.18 bits per heavy atom. The van der Waals surface area contributed by atoms with Crippen LogP contribution in [0.4, 0.5) is 18.3 Å². The molecule has 0 aliphatic rings. The number of amides is 1. The van der Waals surface area contributed by atoms with Crippen LogP contribution in [0.5, 0.6) is 5.75 Å². The van der Waals surface area contributed by atoms with Crippen LogP contribution in [0.3, 0.4) is 0 Å². The lowest BCUT2D eigenvalue weighted by molar-refractivity contribution is -0.137. The first-order valence-electron chi connectivity index (χ1n) is 9.56. The van der Waals surface area contributed by atoms with E-state index in [0.29, 0.717) is 16.2 Å². The Balaban J connectivity index is 1.62. The largest absolute Gasteiger partial charge is 0.497 e. The minimum atomic E-state index is -4.43. The summed E-state index contributed by atoms with van der Waals surface area (Å²) in [6.07, 6.45) is -2.78. The van der Waals surface area contributed by atoms with E-state index in [2.05, 4.69) is 15.0 Å². The van der Waals surface area contributed by atoms with Crippen LogP contribution in [0.15, 0.2) is 59.6 Å². The zero-order valence-corrected chi connectivity index (χ0v) is 19.1. The van der Waals surface area contributed by atoms with E-state index in [9.17, 15) is 26.4 Å². The van der Waals surface area contributed by atoms with Gasteiger partial charge in [0, 0.05) is 17.5 Å². The number of carbonyl (C=O) groups is 1. The molecule has 0 spiro atoms. The van der Waals surface area contributed by atoms with Crippen LogP contribution in [-0.2, 0) is 27.4 Å². The average molecular weight is 500 g/mol. The summed E-state index contributed by atoms with van der Waals surface area (Å²) in [6.45, 7) is 1.38. The summed E-state index contributed by atoms with van der Waals surface area (Å²) in [5.74, 6) is -0.142. The van der Waals surface area contributed by atoms with Gasteiger partial charge in [-0.15, -0.1) is 11.3 Å². The topological polar surface area (TPSA) is 97.4 Å². The van der Waals surface area contributed by atoms with Gasteiger partial charge in [-0.2, -0.15) is 17.9 Å². The van der Waals surface area contributed by atoms with Crippen molar-refractivity contribution in [2.24, 2.45) is 0 Å². The highest BCUT2D eigenvalue weighted by molar-refractivity contribution is 7.89. The molecule has 7 nitrogen and oxygen atoms in total. The molecular weight excluding hydrogens is 479 g/mol. The van der Waals surface area contributed by atoms with Crippen molar-refractivity contribution in [3.8, 4) is 5.75 Å². The maximum absolute atomic E-state index is 12.9. The molecule has 0 aliphatic heterocycles. The molecule has 0 fully saturated rings. The third-order valence-electron chi connectivity index (χ3n) is 4.51. The molecule has 0 saturated heterocycles. The molecule has 0 saturated carbocycles. The standard InChI is InChI=1S/C21H20F3N3O4S2/c1-13(27-33(29,30)18-8-6-16(31-2)7-9-18)19(28)26-20-25-12-17(32-20)11-14-4-3-5-15(10-14)21(22,23)24/h3-10,12-13,27H,11H2,1-2H3,(H,25,26,28)/t13-/m0/s1. The number of ether oxygens (including phenoxy) is 1. The number of hydrogen-bond acceptors (Lipinski definition) is 6. The molecule has 176 valence electrons. The summed E-state index contributed by atoms with van der Waals surface area (Å²) in [5, 5.41) is 2.72. The number of thiazole rings is 1. The number of nitrogens with zero attached hydrogens (tertiary/aromatic N) is 1. The van der Waals surface area contributed by atoms with E-state index in [0.717, 1.165) is 23.5 Å². The van der Waals surface area contributed by atoms with Gasteiger partial charge >= 0.3 is 6.18 Å². The second-order valence-corrected chi connectivity index (χ2v) is 9.84. The van der Waals surface area contributed by atoms with Gasteiger partial charge in [0.25, 0.3) is 0 Å². The van der Waals surface area contributed by atoms with Crippen molar-refractivity contribution in [3.63, 3.8) is 0 Å². The normalized spacial score (nSPS) is 12.9. The second kappa shape index (κ2) is 9.89. The molecule has 12 heteroatoms. The van der Waals surface area contributed by atoms with Crippen LogP contribution in [-0.4, -0.2) is 32.5 Å². The van der Waals surface area contributed by atoms with Crippen molar-refractivity contribution in [2.75, 3.05) is 12.4 Å². The Morgan fingerprint density at radius 2 is 1.88 bits per heavy atom. The number of nitrogens with one attached hydrogen (secondary N) is 2. The predicted octanol–water partition coefficient (Wildman–Crippen LogP) is 4.07. The van der Waals surface area contributed by atoms with Crippen LogP contribution < -0.4 is 14.8 Å². The highest BCUT2D eigenvalue weighted by Gasteiger charge is 2.30. The summed E-state index contributed by atoms with van der Waals surface area (Å²) in [6, 6.07) is 9.54. The van der Waals surface area contributed by atoms with E-state index in [1.807, 2.05) is 0 Å². The van der Waals surface area contributed by atoms with Crippen molar-refractivity contribution < 1.29 is 31.1 Å². The molecule has 33 heavy (non-hydrogen) atoms. The molecule has 0 bridgehead atoms. The molecule has 1 atom stereocenters. The maximum Gasteiger partial charge on any atom is 0.416 e. The SMILES string of the molecule is COc1ccc(S(=O)(=O)N[C@@H](C)C(=O)Nc2ncc(Cc3cccc(C(F)(F)F)c3)s2)cc1. The number of benzene rings is 2. The van der Waals surface area contributed by atoms with Gasteiger partial charge in [0.2, 0.25) is 15.9 Å². The molecular formula is C21H20F3N3O4S2. The fourth-order valence-corrected chi connectivity index (χ4v) is 4.88. The molecule has 0 aliphatic carbocycles. The number of methoxy groups -OCH3 is 1. The summed E-state index contributed by atoms with van der Waals surface area (Å²) in [5.41, 5.74) is -0.289. The van der Waals surface area contributed by atoms with Gasteiger partial charge in [0.1, 0.15) is 5.75 Å². The number of anilines is 1. The van der Waals surface area contributed by atoms with Crippen molar-refractivity contribution >= 4 is 32.4 Å². The van der Waals surface area contributed by atoms with Gasteiger partial charge in [-0.3, -0.25) is 4.79 Å². The minimum Gasteiger partial charge on any atom is -0.497 e. The Bertz CT molecular complexity index is 1230. The smallest absolute Gasteiger partial charge is 0.416 e. The molecule has 3 rings (SSSR count). The fraction of sp³-hybridized carbons (Fsp3) is 0.238. The number of carbonyl (C=O) groups excluding carboxylic acids is 1. The average Bonchev–Trinajstić information content (AvgIpc) is 3.19. The van der Waals surface area contributed by atoms with Crippen molar-refractivity contribution in [1.82, 2.24) is 9.71 Å². The Labute approximate surface area is 192 Å². The summed E-state index contributed by atoms with van der Waals surface area (Å²) in [7, 11) is -2.49. The Kier molecular flexibility index (Phi) is 7.40. The van der Waals surface area contributed by atoms with E-state index in [4.69, 9.17) is 4.74 Å². The lowest BCUT2D eigenvalue weighted by atomic mass is 10.1. The number of alkyl halides is 3. The van der Waals surface area contributed by atoms with Gasteiger partial charge in [-0.1, -0.05) is 18.2 Å². The summed E-state index contributed by atoms with van der Waals surface area (Å²) >= 11 is 1.09. The van der Waals surface area contributed by atoms with Gasteiger partial charge < -0.3 is 10.1 Å². The van der Waals surface area contributed by atoms with Crippen molar-refractivity contribution in [1.29, 1.82) is 0 Å². The van der Waals surface area contributed by atoms with Crippen LogP contribution in [0, 0.1) is 0 Å². The molecule has 0 radical (unpaired) electrons. The molecule has 3 aromatic rings. The lowest BCUT2D eigenvalue weighted by Gasteiger charge is -2.13. The van der Waals surface area contributed by atoms with Crippen LogP contribution in [0.25, 0.3) is 0 Å². The van der Waals surface area contributed by atoms with Gasteiger partial charge in [0.15, 0.2) is 5.13 Å². The van der Waals surface area contributed by atoms with E-state index >= 15 is 0 Å². The summed E-state index contributed by atoms with van der Waals surface area (Å²) < 4.78 is 70.9. The first-order valence-corrected chi connectivity index (χ1v) is 11.9. The van der Waals surface area contributed by atoms with Gasteiger partial charge in [-0.25, -0.2) is 13.4 Å². The third kappa shape index (κ3) is 6.53. The minimum absolute atomic E-state index is 0.0272. The first-order chi connectivity index (χ1) is 15.5.